The minimum Gasteiger partial charge on any atom is -0.278 e. The summed E-state index contributed by atoms with van der Waals surface area (Å²) in [6.07, 6.45) is 8.00. The maximum absolute atomic E-state index is 4.21. The molecule has 0 radical (unpaired) electrons. The van der Waals surface area contributed by atoms with Crippen LogP contribution in [0.1, 0.15) is 18.8 Å². The molecule has 1 aliphatic rings. The molecule has 0 amide bonds. The molecule has 0 aliphatic carbocycles. The molecule has 1 saturated heterocycles. The van der Waals surface area contributed by atoms with Crippen LogP contribution in [0.25, 0.3) is 0 Å². The molecule has 2 nitrogen and oxygen atoms in total. The van der Waals surface area contributed by atoms with Crippen LogP contribution in [-0.2, 0) is 0 Å². The van der Waals surface area contributed by atoms with Gasteiger partial charge in [0.15, 0.2) is 7.28 Å². The van der Waals surface area contributed by atoms with Gasteiger partial charge in [-0.15, -0.1) is 0 Å². The molecule has 0 bridgehead atoms. The Kier molecular flexibility index (Phi) is 1.49. The molecule has 3 heteroatoms. The predicted octanol–water partition coefficient (Wildman–Crippen LogP) is 1.03. The van der Waals surface area contributed by atoms with Crippen molar-refractivity contribution in [2.45, 2.75) is 25.1 Å². The summed E-state index contributed by atoms with van der Waals surface area (Å²) >= 11 is 0. The second-order valence-corrected chi connectivity index (χ2v) is 2.92. The fourth-order valence-electron chi connectivity index (χ4n) is 1.67. The summed E-state index contributed by atoms with van der Waals surface area (Å²) in [5, 5.41) is 4.21. The van der Waals surface area contributed by atoms with Gasteiger partial charge < -0.3 is 0 Å². The van der Waals surface area contributed by atoms with Crippen molar-refractivity contribution in [2.24, 2.45) is 0 Å². The molecule has 2 rings (SSSR count). The van der Waals surface area contributed by atoms with Crippen molar-refractivity contribution in [3.05, 3.63) is 18.5 Å². The van der Waals surface area contributed by atoms with E-state index in [1.807, 2.05) is 12.3 Å². The third kappa shape index (κ3) is 0.960. The van der Waals surface area contributed by atoms with Crippen LogP contribution in [0.15, 0.2) is 18.5 Å². The van der Waals surface area contributed by atoms with E-state index >= 15 is 0 Å². The monoisotopic (exact) mass is 134 g/mol. The van der Waals surface area contributed by atoms with E-state index in [0.29, 0.717) is 5.94 Å². The van der Waals surface area contributed by atoms with Crippen molar-refractivity contribution in [1.29, 1.82) is 0 Å². The van der Waals surface area contributed by atoms with E-state index in [0.717, 1.165) is 0 Å². The fourth-order valence-corrected chi connectivity index (χ4v) is 1.67. The van der Waals surface area contributed by atoms with Crippen LogP contribution in [0.4, 0.5) is 0 Å². The van der Waals surface area contributed by atoms with Crippen molar-refractivity contribution >= 4 is 7.28 Å². The molecule has 2 heterocycles. The standard InChI is InChI=1S/C7H11BN2/c1-3-7(8-4-1)10-6-2-5-9-10/h2,5-8H,1,3-4H2. The number of nitrogens with zero attached hydrogens (tertiary/aromatic N) is 2. The van der Waals surface area contributed by atoms with Crippen LogP contribution < -0.4 is 0 Å². The van der Waals surface area contributed by atoms with Crippen LogP contribution >= 0.6 is 0 Å². The Balaban J connectivity index is 2.12. The van der Waals surface area contributed by atoms with Gasteiger partial charge in [0.1, 0.15) is 0 Å². The zero-order valence-corrected chi connectivity index (χ0v) is 6.03. The van der Waals surface area contributed by atoms with E-state index in [1.165, 1.54) is 26.4 Å². The predicted molar refractivity (Wildman–Crippen MR) is 42.5 cm³/mol. The van der Waals surface area contributed by atoms with Crippen LogP contribution in [0.5, 0.6) is 0 Å². The van der Waals surface area contributed by atoms with E-state index in [1.54, 1.807) is 0 Å². The third-order valence-corrected chi connectivity index (χ3v) is 2.22. The van der Waals surface area contributed by atoms with E-state index < -0.39 is 0 Å². The minimum atomic E-state index is 0.704. The van der Waals surface area contributed by atoms with Crippen LogP contribution in [0.2, 0.25) is 6.32 Å². The highest BCUT2D eigenvalue weighted by molar-refractivity contribution is 6.37. The highest BCUT2D eigenvalue weighted by Crippen LogP contribution is 2.21. The molecule has 0 N–H and O–H groups in total. The Hall–Kier alpha value is -0.725. The summed E-state index contributed by atoms with van der Waals surface area (Å²) < 4.78 is 2.09. The third-order valence-electron chi connectivity index (χ3n) is 2.22. The Morgan fingerprint density at radius 2 is 2.60 bits per heavy atom. The van der Waals surface area contributed by atoms with Gasteiger partial charge in [0.25, 0.3) is 0 Å². The summed E-state index contributed by atoms with van der Waals surface area (Å²) in [5.41, 5.74) is 0. The highest BCUT2D eigenvalue weighted by atomic mass is 15.3. The van der Waals surface area contributed by atoms with Gasteiger partial charge in [0.05, 0.1) is 0 Å². The van der Waals surface area contributed by atoms with Gasteiger partial charge in [-0.25, -0.2) is 0 Å². The van der Waals surface area contributed by atoms with Gasteiger partial charge >= 0.3 is 0 Å². The minimum absolute atomic E-state index is 0.704. The molecule has 0 saturated carbocycles. The van der Waals surface area contributed by atoms with Crippen molar-refractivity contribution in [2.75, 3.05) is 0 Å². The largest absolute Gasteiger partial charge is 0.278 e. The van der Waals surface area contributed by atoms with Crippen molar-refractivity contribution < 1.29 is 0 Å². The summed E-state index contributed by atoms with van der Waals surface area (Å²) in [6.45, 7) is 0. The molecule has 0 aromatic carbocycles. The summed E-state index contributed by atoms with van der Waals surface area (Å²) in [7, 11) is 1.32. The van der Waals surface area contributed by atoms with Gasteiger partial charge in [0, 0.05) is 18.3 Å². The first-order valence-corrected chi connectivity index (χ1v) is 3.96. The molecule has 1 aliphatic heterocycles. The molecule has 1 unspecified atom stereocenters. The molecule has 1 aromatic rings. The lowest BCUT2D eigenvalue weighted by molar-refractivity contribution is 0.568. The molecule has 1 aromatic heterocycles. The highest BCUT2D eigenvalue weighted by Gasteiger charge is 2.17. The summed E-state index contributed by atoms with van der Waals surface area (Å²) in [6, 6.07) is 2.00. The Labute approximate surface area is 61.5 Å². The van der Waals surface area contributed by atoms with E-state index in [4.69, 9.17) is 0 Å². The number of rotatable bonds is 1. The maximum atomic E-state index is 4.21. The maximum Gasteiger partial charge on any atom is 0.152 e. The Bertz CT molecular complexity index is 189. The first-order valence-electron chi connectivity index (χ1n) is 3.96. The normalized spacial score (nSPS) is 24.6. The van der Waals surface area contributed by atoms with Gasteiger partial charge in [-0.05, 0) is 12.5 Å². The van der Waals surface area contributed by atoms with E-state index in [2.05, 4.69) is 16.0 Å². The molecule has 1 fully saturated rings. The Morgan fingerprint density at radius 1 is 1.60 bits per heavy atom. The van der Waals surface area contributed by atoms with Gasteiger partial charge in [-0.1, -0.05) is 12.7 Å². The van der Waals surface area contributed by atoms with Gasteiger partial charge in [0.2, 0.25) is 0 Å². The molecule has 10 heavy (non-hydrogen) atoms. The molecular weight excluding hydrogens is 123 g/mol. The number of aromatic nitrogens is 2. The van der Waals surface area contributed by atoms with Crippen molar-refractivity contribution in [3.63, 3.8) is 0 Å². The van der Waals surface area contributed by atoms with Gasteiger partial charge in [-0.2, -0.15) is 5.10 Å². The topological polar surface area (TPSA) is 17.8 Å². The van der Waals surface area contributed by atoms with E-state index in [-0.39, 0.29) is 0 Å². The second kappa shape index (κ2) is 2.49. The van der Waals surface area contributed by atoms with Crippen LogP contribution in [0, 0.1) is 0 Å². The van der Waals surface area contributed by atoms with Crippen LogP contribution in [-0.4, -0.2) is 17.1 Å². The molecule has 0 spiro atoms. The lowest BCUT2D eigenvalue weighted by atomic mass is 9.72. The smallest absolute Gasteiger partial charge is 0.152 e. The second-order valence-electron chi connectivity index (χ2n) is 2.92. The van der Waals surface area contributed by atoms with E-state index in [9.17, 15) is 0 Å². The lowest BCUT2D eigenvalue weighted by Crippen LogP contribution is -2.10. The van der Waals surface area contributed by atoms with Gasteiger partial charge in [-0.3, -0.25) is 4.68 Å². The molecule has 1 atom stereocenters. The summed E-state index contributed by atoms with van der Waals surface area (Å²) in [5.74, 6) is 0.704. The van der Waals surface area contributed by atoms with Crippen LogP contribution in [0.3, 0.4) is 0 Å². The summed E-state index contributed by atoms with van der Waals surface area (Å²) in [4.78, 5) is 0. The molecule has 52 valence electrons. The average Bonchev–Trinajstić information content (AvgIpc) is 2.59. The average molecular weight is 134 g/mol. The fraction of sp³-hybridized carbons (Fsp3) is 0.571. The number of hydrogen-bond donors (Lipinski definition) is 0. The van der Waals surface area contributed by atoms with Crippen molar-refractivity contribution in [1.82, 2.24) is 9.78 Å². The zero-order chi connectivity index (χ0) is 6.81. The first-order chi connectivity index (χ1) is 4.97. The SMILES string of the molecule is B1CCCC1n1cccn1. The lowest BCUT2D eigenvalue weighted by Gasteiger charge is -2.07. The first kappa shape index (κ1) is 6.02. The van der Waals surface area contributed by atoms with Crippen molar-refractivity contribution in [3.8, 4) is 0 Å². The quantitative estimate of drug-likeness (QED) is 0.524. The number of hydrogen-bond acceptors (Lipinski definition) is 1. The zero-order valence-electron chi connectivity index (χ0n) is 6.03. The molecular formula is C7H11BN2. The Morgan fingerprint density at radius 3 is 3.20 bits per heavy atom.